The molecular weight excluding hydrogens is 850 g/mol. The molecule has 12 rings (SSSR count). The van der Waals surface area contributed by atoms with Crippen LogP contribution >= 0.6 is 0 Å². The number of quaternary nitrogens is 6. The average molecular weight is 930 g/mol. The molecule has 6 bridgehead atoms. The van der Waals surface area contributed by atoms with Crippen molar-refractivity contribution in [1.29, 1.82) is 10.5 Å². The zero-order chi connectivity index (χ0) is 39.8. The van der Waals surface area contributed by atoms with Crippen LogP contribution in [0.25, 0.3) is 0 Å². The van der Waals surface area contributed by atoms with Gasteiger partial charge in [-0.1, -0.05) is 74.0 Å². The van der Waals surface area contributed by atoms with Crippen molar-refractivity contribution in [3.8, 4) is 12.1 Å². The number of fused-ring (bicyclic) bond motifs is 9. The summed E-state index contributed by atoms with van der Waals surface area (Å²) >= 11 is 0. The van der Waals surface area contributed by atoms with E-state index in [0.29, 0.717) is 4.48 Å². The number of piperidine rings is 1. The Kier molecular flexibility index (Phi) is 17.9. The third-order valence-electron chi connectivity index (χ3n) is 15.9. The predicted octanol–water partition coefficient (Wildman–Crippen LogP) is -1.07. The Bertz CT molecular complexity index is 1530. The largest absolute Gasteiger partial charge is 1.00 e. The van der Waals surface area contributed by atoms with Gasteiger partial charge in [0.1, 0.15) is 104 Å². The summed E-state index contributed by atoms with van der Waals surface area (Å²) in [5.74, 6) is 0. The second-order valence-corrected chi connectivity index (χ2v) is 20.2. The number of benzene rings is 2. The number of nitrogens with zero attached hydrogens (tertiary/aromatic N) is 9. The highest BCUT2D eigenvalue weighted by atomic mass is 79.9. The summed E-state index contributed by atoms with van der Waals surface area (Å²) < 4.78 is 7.38. The van der Waals surface area contributed by atoms with E-state index in [1.807, 2.05) is 25.2 Å². The molecule has 0 radical (unpaired) electrons. The van der Waals surface area contributed by atoms with E-state index in [2.05, 4.69) is 87.6 Å². The minimum atomic E-state index is -0.0661. The third-order valence-corrected chi connectivity index (χ3v) is 15.9. The molecule has 322 valence electrons. The van der Waals surface area contributed by atoms with Crippen LogP contribution in [-0.2, 0) is 13.1 Å². The van der Waals surface area contributed by atoms with Crippen LogP contribution in [0, 0.1) is 22.7 Å². The molecule has 0 spiro atoms. The molecule has 11 heteroatoms. The summed E-state index contributed by atoms with van der Waals surface area (Å²) in [4.78, 5) is 2.57. The summed E-state index contributed by atoms with van der Waals surface area (Å²) in [5, 5.41) is 18.7. The first-order valence-electron chi connectivity index (χ1n) is 22.5. The van der Waals surface area contributed by atoms with Crippen LogP contribution in [0.15, 0.2) is 60.7 Å². The highest BCUT2D eigenvalue weighted by molar-refractivity contribution is 5.15. The number of likely N-dealkylation sites (tertiary alicyclic amines) is 1. The van der Waals surface area contributed by atoms with E-state index in [1.54, 1.807) is 0 Å². The number of unbranched alkanes of at least 4 members (excludes halogenated alkanes) is 1. The molecule has 2 atom stereocenters. The Hall–Kier alpha value is -1.90. The van der Waals surface area contributed by atoms with Gasteiger partial charge in [0.05, 0.1) is 54.4 Å². The fourth-order valence-corrected chi connectivity index (χ4v) is 10.8. The van der Waals surface area contributed by atoms with Crippen molar-refractivity contribution >= 4 is 0 Å². The van der Waals surface area contributed by atoms with Crippen LogP contribution in [0.2, 0.25) is 0 Å². The topological polar surface area (TPSA) is 50.8 Å². The van der Waals surface area contributed by atoms with Gasteiger partial charge in [-0.05, 0) is 12.8 Å². The number of halogens is 2. The first-order valence-corrected chi connectivity index (χ1v) is 22.5. The molecule has 0 N–H and O–H groups in total. The van der Waals surface area contributed by atoms with Crippen molar-refractivity contribution < 1.29 is 60.9 Å². The first-order chi connectivity index (χ1) is 26.9. The number of rotatable bonds is 7. The van der Waals surface area contributed by atoms with Crippen LogP contribution in [0.3, 0.4) is 0 Å². The van der Waals surface area contributed by atoms with Crippen molar-refractivity contribution in [2.24, 2.45) is 0 Å². The van der Waals surface area contributed by atoms with E-state index in [-0.39, 0.29) is 46.0 Å². The maximum Gasteiger partial charge on any atom is 0.177 e. The predicted molar refractivity (Wildman–Crippen MR) is 227 cm³/mol. The zero-order valence-electron chi connectivity index (χ0n) is 37.1. The standard InChI is InChI=1S/C15H18N3.C14H22N2.C11H24N2.C7H15N2.2BrH/c1-18(12-13-6-3-2-4-7-13)14(10-16)8-5-9-15(18)11-17;1-15-7-10-16(11-8-15,12-9-15)13-14-5-3-2-4-6-14;1-3-4-5-13-9-6-12(2,7-10-13)8-11-13;1-9-5-2-8(3-6-9)4-7-9;;/h2-4,6-7,14-15H,5,8-9,12H2,1H3;2-6H,7-13H2,1H3;3-11H2,1-2H3;2-7H2,1H3;2*1H/q+1;2*+2;+1;;/p-2. The Labute approximate surface area is 375 Å². The second kappa shape index (κ2) is 21.3. The Balaban J connectivity index is 0.000000173. The van der Waals surface area contributed by atoms with Gasteiger partial charge >= 0.3 is 0 Å². The number of likely N-dealkylation sites (N-methyl/N-ethyl adjacent to an activating group) is 3. The summed E-state index contributed by atoms with van der Waals surface area (Å²) in [6.07, 6.45) is 5.59. The summed E-state index contributed by atoms with van der Waals surface area (Å²) in [5.41, 5.74) is 2.71. The highest BCUT2D eigenvalue weighted by Gasteiger charge is 2.48. The Morgan fingerprint density at radius 3 is 1.28 bits per heavy atom. The molecule has 0 amide bonds. The minimum absolute atomic E-state index is 0. The number of piperazine rings is 9. The third kappa shape index (κ3) is 12.4. The van der Waals surface area contributed by atoms with Gasteiger partial charge in [0, 0.05) is 43.6 Å². The van der Waals surface area contributed by atoms with Crippen LogP contribution < -0.4 is 34.0 Å². The van der Waals surface area contributed by atoms with Crippen molar-refractivity contribution in [2.75, 3.05) is 153 Å². The lowest BCUT2D eigenvalue weighted by atomic mass is 9.92. The number of hydrogen-bond donors (Lipinski definition) is 0. The molecule has 10 fully saturated rings. The van der Waals surface area contributed by atoms with Gasteiger partial charge in [-0.15, -0.1) is 0 Å². The molecule has 0 saturated carbocycles. The SMILES string of the molecule is CCCC[N+]12CC[N+](C)(CC1)CC2.C[N+]1(Cc2ccccc2)C(C#N)CCCC1C#N.C[N+]12CCN(CC1)CC2.C[N+]12CC[N+](Cc3ccccc3)(CC1)CC2.[Br-].[Br-]. The lowest BCUT2D eigenvalue weighted by Crippen LogP contribution is -3.00. The van der Waals surface area contributed by atoms with E-state index < -0.39 is 0 Å². The monoisotopic (exact) mass is 927 g/mol. The molecule has 0 aromatic heterocycles. The fraction of sp³-hybridized carbons (Fsp3) is 0.702. The van der Waals surface area contributed by atoms with Crippen molar-refractivity contribution in [2.45, 2.75) is 64.2 Å². The zero-order valence-corrected chi connectivity index (χ0v) is 40.3. The molecule has 2 aromatic carbocycles. The maximum atomic E-state index is 9.34. The smallest absolute Gasteiger partial charge is 0.177 e. The van der Waals surface area contributed by atoms with Gasteiger partial charge in [-0.2, -0.15) is 10.5 Å². The van der Waals surface area contributed by atoms with Gasteiger partial charge in [-0.25, -0.2) is 0 Å². The molecule has 2 aromatic rings. The van der Waals surface area contributed by atoms with Crippen LogP contribution in [-0.4, -0.2) is 196 Å². The van der Waals surface area contributed by atoms with E-state index in [1.165, 1.54) is 177 Å². The molecule has 9 nitrogen and oxygen atoms in total. The van der Waals surface area contributed by atoms with Gasteiger partial charge in [-0.3, -0.25) is 9.38 Å². The van der Waals surface area contributed by atoms with Crippen LogP contribution in [0.5, 0.6) is 0 Å². The maximum absolute atomic E-state index is 9.34. The average Bonchev–Trinajstić information content (AvgIpc) is 3.23. The van der Waals surface area contributed by atoms with Gasteiger partial charge in [0.2, 0.25) is 0 Å². The molecule has 10 aliphatic rings. The summed E-state index contributed by atoms with van der Waals surface area (Å²) in [7, 11) is 9.30. The van der Waals surface area contributed by atoms with Crippen LogP contribution in [0.1, 0.15) is 50.2 Å². The molecule has 58 heavy (non-hydrogen) atoms. The number of hydrogen-bond acceptors (Lipinski definition) is 3. The quantitative estimate of drug-likeness (QED) is 0.333. The summed E-state index contributed by atoms with van der Waals surface area (Å²) in [6.45, 7) is 30.9. The van der Waals surface area contributed by atoms with E-state index >= 15 is 0 Å². The number of nitriles is 2. The highest BCUT2D eigenvalue weighted by Crippen LogP contribution is 2.32. The lowest BCUT2D eigenvalue weighted by Gasteiger charge is -2.54. The van der Waals surface area contributed by atoms with E-state index in [0.717, 1.165) is 25.8 Å². The second-order valence-electron chi connectivity index (χ2n) is 20.2. The minimum Gasteiger partial charge on any atom is -1.00 e. The van der Waals surface area contributed by atoms with E-state index in [9.17, 15) is 10.5 Å². The fourth-order valence-electron chi connectivity index (χ4n) is 10.8. The molecule has 2 unspecified atom stereocenters. The van der Waals surface area contributed by atoms with Crippen molar-refractivity contribution in [3.05, 3.63) is 71.8 Å². The van der Waals surface area contributed by atoms with Gasteiger partial charge in [0.25, 0.3) is 0 Å². The molecule has 10 saturated heterocycles. The summed E-state index contributed by atoms with van der Waals surface area (Å²) in [6, 6.07) is 25.8. The molecule has 10 heterocycles. The Morgan fingerprint density at radius 2 is 0.914 bits per heavy atom. The van der Waals surface area contributed by atoms with Crippen LogP contribution in [0.4, 0.5) is 0 Å². The normalized spacial score (nSPS) is 37.6. The molecule has 10 aliphatic heterocycles. The Morgan fingerprint density at radius 1 is 0.534 bits per heavy atom. The molecule has 0 aliphatic carbocycles. The lowest BCUT2D eigenvalue weighted by molar-refractivity contribution is -1.08. The van der Waals surface area contributed by atoms with Gasteiger partial charge in [0.15, 0.2) is 12.1 Å². The molecular formula is C47H79Br2N9+4. The van der Waals surface area contributed by atoms with Gasteiger partial charge < -0.3 is 56.4 Å². The first kappa shape index (κ1) is 48.8. The van der Waals surface area contributed by atoms with Crippen molar-refractivity contribution in [1.82, 2.24) is 4.90 Å². The van der Waals surface area contributed by atoms with E-state index in [4.69, 9.17) is 0 Å². The van der Waals surface area contributed by atoms with Crippen molar-refractivity contribution in [3.63, 3.8) is 0 Å².